The number of nitrogens with zero attached hydrogens (tertiary/aromatic N) is 1. The number of fused-ring (bicyclic) bond motifs is 2. The summed E-state index contributed by atoms with van der Waals surface area (Å²) >= 11 is 0. The standard InChI is InChI=1S/C15H30N2/c1-5-15(3,6-2)17-13-8-7-9-14(17)11-12(10-13)16-4/h12-14,16H,5-11H2,1-4H3. The molecule has 0 aromatic carbocycles. The van der Waals surface area contributed by atoms with Crippen molar-refractivity contribution < 1.29 is 0 Å². The van der Waals surface area contributed by atoms with Crippen molar-refractivity contribution in [3.63, 3.8) is 0 Å². The third kappa shape index (κ3) is 2.39. The van der Waals surface area contributed by atoms with Crippen LogP contribution < -0.4 is 5.32 Å². The van der Waals surface area contributed by atoms with Crippen LogP contribution in [-0.4, -0.2) is 35.6 Å². The minimum absolute atomic E-state index is 0.439. The van der Waals surface area contributed by atoms with E-state index in [9.17, 15) is 0 Å². The summed E-state index contributed by atoms with van der Waals surface area (Å²) in [5, 5.41) is 3.51. The maximum atomic E-state index is 3.51. The van der Waals surface area contributed by atoms with E-state index in [2.05, 4.69) is 38.0 Å². The van der Waals surface area contributed by atoms with E-state index in [0.717, 1.165) is 18.1 Å². The van der Waals surface area contributed by atoms with Crippen molar-refractivity contribution in [1.82, 2.24) is 10.2 Å². The summed E-state index contributed by atoms with van der Waals surface area (Å²) in [5.74, 6) is 0. The molecule has 0 spiro atoms. The molecule has 0 amide bonds. The molecule has 0 aliphatic carbocycles. The lowest BCUT2D eigenvalue weighted by atomic mass is 9.76. The maximum Gasteiger partial charge on any atom is 0.0182 e. The summed E-state index contributed by atoms with van der Waals surface area (Å²) in [7, 11) is 2.13. The van der Waals surface area contributed by atoms with E-state index < -0.39 is 0 Å². The van der Waals surface area contributed by atoms with E-state index in [1.54, 1.807) is 0 Å². The molecule has 2 saturated heterocycles. The van der Waals surface area contributed by atoms with Crippen LogP contribution in [0, 0.1) is 0 Å². The van der Waals surface area contributed by atoms with E-state index in [1.165, 1.54) is 44.9 Å². The van der Waals surface area contributed by atoms with Crippen LogP contribution in [0.2, 0.25) is 0 Å². The Bertz CT molecular complexity index is 233. The van der Waals surface area contributed by atoms with Crippen LogP contribution in [0.15, 0.2) is 0 Å². The second-order valence-corrected chi connectivity index (χ2v) is 6.31. The number of hydrogen-bond acceptors (Lipinski definition) is 2. The predicted octanol–water partition coefficient (Wildman–Crippen LogP) is 3.17. The molecule has 0 radical (unpaired) electrons. The molecule has 1 N–H and O–H groups in total. The maximum absolute atomic E-state index is 3.51. The van der Waals surface area contributed by atoms with E-state index >= 15 is 0 Å². The molecule has 17 heavy (non-hydrogen) atoms. The van der Waals surface area contributed by atoms with Gasteiger partial charge in [0.2, 0.25) is 0 Å². The second-order valence-electron chi connectivity index (χ2n) is 6.31. The van der Waals surface area contributed by atoms with Gasteiger partial charge in [0.15, 0.2) is 0 Å². The molecule has 2 aliphatic heterocycles. The lowest BCUT2D eigenvalue weighted by molar-refractivity contribution is -0.0586. The van der Waals surface area contributed by atoms with Crippen molar-refractivity contribution in [2.75, 3.05) is 7.05 Å². The fourth-order valence-electron chi connectivity index (χ4n) is 4.11. The largest absolute Gasteiger partial charge is 0.317 e. The zero-order valence-corrected chi connectivity index (χ0v) is 12.1. The van der Waals surface area contributed by atoms with Gasteiger partial charge in [0.25, 0.3) is 0 Å². The van der Waals surface area contributed by atoms with Crippen molar-refractivity contribution in [2.24, 2.45) is 0 Å². The van der Waals surface area contributed by atoms with Crippen LogP contribution in [0.1, 0.15) is 65.7 Å². The average Bonchev–Trinajstić information content (AvgIpc) is 2.36. The van der Waals surface area contributed by atoms with Crippen LogP contribution in [0.3, 0.4) is 0 Å². The van der Waals surface area contributed by atoms with E-state index in [4.69, 9.17) is 0 Å². The average molecular weight is 238 g/mol. The van der Waals surface area contributed by atoms with Gasteiger partial charge < -0.3 is 5.32 Å². The molecule has 2 nitrogen and oxygen atoms in total. The lowest BCUT2D eigenvalue weighted by Crippen LogP contribution is -2.63. The number of rotatable bonds is 4. The summed E-state index contributed by atoms with van der Waals surface area (Å²) in [6.45, 7) is 7.21. The van der Waals surface area contributed by atoms with Crippen LogP contribution in [0.25, 0.3) is 0 Å². The lowest BCUT2D eigenvalue weighted by Gasteiger charge is -2.56. The second kappa shape index (κ2) is 5.27. The highest BCUT2D eigenvalue weighted by atomic mass is 15.3. The molecule has 2 heteroatoms. The molecule has 100 valence electrons. The Labute approximate surface area is 107 Å². The molecule has 2 unspecified atom stereocenters. The Morgan fingerprint density at radius 2 is 1.65 bits per heavy atom. The van der Waals surface area contributed by atoms with Gasteiger partial charge in [-0.1, -0.05) is 20.3 Å². The minimum Gasteiger partial charge on any atom is -0.317 e. The Morgan fingerprint density at radius 1 is 1.12 bits per heavy atom. The highest BCUT2D eigenvalue weighted by Gasteiger charge is 2.44. The molecule has 2 bridgehead atoms. The van der Waals surface area contributed by atoms with Crippen molar-refractivity contribution in [1.29, 1.82) is 0 Å². The first-order valence-electron chi connectivity index (χ1n) is 7.60. The monoisotopic (exact) mass is 238 g/mol. The van der Waals surface area contributed by atoms with Gasteiger partial charge in [-0.2, -0.15) is 0 Å². The van der Waals surface area contributed by atoms with Gasteiger partial charge in [-0.05, 0) is 52.5 Å². The fourth-order valence-corrected chi connectivity index (χ4v) is 4.11. The van der Waals surface area contributed by atoms with Crippen molar-refractivity contribution in [3.05, 3.63) is 0 Å². The Hall–Kier alpha value is -0.0800. The number of piperidine rings is 2. The summed E-state index contributed by atoms with van der Waals surface area (Å²) < 4.78 is 0. The summed E-state index contributed by atoms with van der Waals surface area (Å²) in [5.41, 5.74) is 0.439. The topological polar surface area (TPSA) is 15.3 Å². The van der Waals surface area contributed by atoms with Gasteiger partial charge in [0.1, 0.15) is 0 Å². The molecular weight excluding hydrogens is 208 g/mol. The van der Waals surface area contributed by atoms with Gasteiger partial charge in [-0.3, -0.25) is 4.90 Å². The van der Waals surface area contributed by atoms with Gasteiger partial charge >= 0.3 is 0 Å². The first-order chi connectivity index (χ1) is 8.14. The van der Waals surface area contributed by atoms with E-state index in [0.29, 0.717) is 5.54 Å². The van der Waals surface area contributed by atoms with E-state index in [1.807, 2.05) is 0 Å². The third-order valence-electron chi connectivity index (χ3n) is 5.53. The molecular formula is C15H30N2. The van der Waals surface area contributed by atoms with Gasteiger partial charge in [-0.25, -0.2) is 0 Å². The summed E-state index contributed by atoms with van der Waals surface area (Å²) in [6, 6.07) is 2.44. The van der Waals surface area contributed by atoms with Crippen LogP contribution in [-0.2, 0) is 0 Å². The first kappa shape index (κ1) is 13.4. The number of nitrogens with one attached hydrogen (secondary N) is 1. The smallest absolute Gasteiger partial charge is 0.0182 e. The zero-order valence-electron chi connectivity index (χ0n) is 12.1. The van der Waals surface area contributed by atoms with Gasteiger partial charge in [-0.15, -0.1) is 0 Å². The normalized spacial score (nSPS) is 34.9. The number of hydrogen-bond donors (Lipinski definition) is 1. The fraction of sp³-hybridized carbons (Fsp3) is 1.00. The molecule has 2 fully saturated rings. The Morgan fingerprint density at radius 3 is 2.06 bits per heavy atom. The van der Waals surface area contributed by atoms with Gasteiger partial charge in [0, 0.05) is 23.7 Å². The molecule has 2 heterocycles. The summed E-state index contributed by atoms with van der Waals surface area (Å²) in [6.07, 6.45) is 9.60. The van der Waals surface area contributed by atoms with Crippen molar-refractivity contribution in [2.45, 2.75) is 89.4 Å². The van der Waals surface area contributed by atoms with Crippen LogP contribution in [0.4, 0.5) is 0 Å². The molecule has 0 saturated carbocycles. The molecule has 0 aromatic heterocycles. The molecule has 2 rings (SSSR count). The predicted molar refractivity (Wildman–Crippen MR) is 74.3 cm³/mol. The third-order valence-corrected chi connectivity index (χ3v) is 5.53. The highest BCUT2D eigenvalue weighted by Crippen LogP contribution is 2.41. The minimum atomic E-state index is 0.439. The first-order valence-corrected chi connectivity index (χ1v) is 7.60. The van der Waals surface area contributed by atoms with E-state index in [-0.39, 0.29) is 0 Å². The zero-order chi connectivity index (χ0) is 12.5. The van der Waals surface area contributed by atoms with Crippen molar-refractivity contribution in [3.8, 4) is 0 Å². The van der Waals surface area contributed by atoms with Crippen LogP contribution >= 0.6 is 0 Å². The van der Waals surface area contributed by atoms with Crippen LogP contribution in [0.5, 0.6) is 0 Å². The molecule has 2 aliphatic rings. The SMILES string of the molecule is CCC(C)(CC)N1C2CCCC1CC(NC)C2. The molecule has 2 atom stereocenters. The van der Waals surface area contributed by atoms with Gasteiger partial charge in [0.05, 0.1) is 0 Å². The Balaban J connectivity index is 2.17. The quantitative estimate of drug-likeness (QED) is 0.809. The molecule has 0 aromatic rings. The highest BCUT2D eigenvalue weighted by molar-refractivity contribution is 5.01. The van der Waals surface area contributed by atoms with Crippen molar-refractivity contribution >= 4 is 0 Å². The Kier molecular flexibility index (Phi) is 4.14. The summed E-state index contributed by atoms with van der Waals surface area (Å²) in [4.78, 5) is 2.91.